The van der Waals surface area contributed by atoms with Gasteiger partial charge in [-0.3, -0.25) is 9.78 Å². The first-order valence-corrected chi connectivity index (χ1v) is 7.50. The molecular weight excluding hydrogens is 320 g/mol. The Hall–Kier alpha value is -3.74. The molecule has 0 atom stereocenters. The third kappa shape index (κ3) is 3.16. The number of hydrogen-bond acceptors (Lipinski definition) is 6. The smallest absolute Gasteiger partial charge is 0.293 e. The summed E-state index contributed by atoms with van der Waals surface area (Å²) in [6, 6.07) is 15.8. The number of amides is 1. The molecule has 0 radical (unpaired) electrons. The molecule has 0 aliphatic heterocycles. The van der Waals surface area contributed by atoms with Gasteiger partial charge in [0.25, 0.3) is 11.8 Å². The number of aromatic nitrogens is 3. The van der Waals surface area contributed by atoms with E-state index in [4.69, 9.17) is 8.94 Å². The van der Waals surface area contributed by atoms with E-state index in [-0.39, 0.29) is 5.91 Å². The molecule has 25 heavy (non-hydrogen) atoms. The van der Waals surface area contributed by atoms with E-state index in [0.29, 0.717) is 28.9 Å². The lowest BCUT2D eigenvalue weighted by atomic mass is 10.2. The van der Waals surface area contributed by atoms with Crippen LogP contribution < -0.4 is 5.32 Å². The minimum Gasteiger partial charge on any atom is -0.459 e. The van der Waals surface area contributed by atoms with Crippen LogP contribution in [-0.4, -0.2) is 21.0 Å². The second kappa shape index (κ2) is 6.40. The summed E-state index contributed by atoms with van der Waals surface area (Å²) in [5.74, 6) is 0.993. The maximum Gasteiger partial charge on any atom is 0.293 e. The molecule has 3 aromatic heterocycles. The monoisotopic (exact) mass is 332 g/mol. The first-order chi connectivity index (χ1) is 12.3. The van der Waals surface area contributed by atoms with Gasteiger partial charge in [0.2, 0.25) is 5.82 Å². The Bertz CT molecular complexity index is 977. The van der Waals surface area contributed by atoms with E-state index in [2.05, 4.69) is 20.4 Å². The minimum atomic E-state index is -0.270. The van der Waals surface area contributed by atoms with Crippen molar-refractivity contribution in [3.8, 4) is 23.0 Å². The minimum absolute atomic E-state index is 0.270. The number of benzene rings is 1. The summed E-state index contributed by atoms with van der Waals surface area (Å²) in [6.45, 7) is 0. The van der Waals surface area contributed by atoms with Crippen molar-refractivity contribution in [1.29, 1.82) is 0 Å². The molecule has 0 saturated heterocycles. The largest absolute Gasteiger partial charge is 0.459 e. The number of carbonyl (C=O) groups excluding carboxylic acids is 1. The van der Waals surface area contributed by atoms with Crippen LogP contribution in [0.5, 0.6) is 0 Å². The number of rotatable bonds is 4. The molecule has 1 amide bonds. The van der Waals surface area contributed by atoms with Crippen molar-refractivity contribution < 1.29 is 13.7 Å². The van der Waals surface area contributed by atoms with Crippen molar-refractivity contribution in [2.24, 2.45) is 0 Å². The van der Waals surface area contributed by atoms with Crippen LogP contribution in [-0.2, 0) is 0 Å². The average Bonchev–Trinajstić information content (AvgIpc) is 3.35. The second-order valence-corrected chi connectivity index (χ2v) is 5.15. The van der Waals surface area contributed by atoms with E-state index in [9.17, 15) is 4.79 Å². The Morgan fingerprint density at radius 2 is 1.88 bits per heavy atom. The predicted molar refractivity (Wildman–Crippen MR) is 89.6 cm³/mol. The SMILES string of the molecule is O=C(Nc1ccc(-c2noc(-c3ccco3)n2)cc1)c1ccccn1. The van der Waals surface area contributed by atoms with Gasteiger partial charge in [0.1, 0.15) is 5.69 Å². The lowest BCUT2D eigenvalue weighted by molar-refractivity contribution is 0.102. The molecule has 1 aromatic carbocycles. The summed E-state index contributed by atoms with van der Waals surface area (Å²) in [7, 11) is 0. The van der Waals surface area contributed by atoms with Crippen LogP contribution >= 0.6 is 0 Å². The van der Waals surface area contributed by atoms with Gasteiger partial charge in [0.05, 0.1) is 6.26 Å². The Morgan fingerprint density at radius 3 is 2.60 bits per heavy atom. The van der Waals surface area contributed by atoms with E-state index in [1.54, 1.807) is 60.8 Å². The molecule has 0 aliphatic carbocycles. The summed E-state index contributed by atoms with van der Waals surface area (Å²) in [4.78, 5) is 20.4. The van der Waals surface area contributed by atoms with Crippen molar-refractivity contribution in [3.05, 3.63) is 72.8 Å². The zero-order valence-electron chi connectivity index (χ0n) is 12.9. The average molecular weight is 332 g/mol. The van der Waals surface area contributed by atoms with E-state index in [0.717, 1.165) is 5.56 Å². The molecule has 0 fully saturated rings. The van der Waals surface area contributed by atoms with Crippen molar-refractivity contribution in [2.75, 3.05) is 5.32 Å². The van der Waals surface area contributed by atoms with Crippen molar-refractivity contribution in [3.63, 3.8) is 0 Å². The highest BCUT2D eigenvalue weighted by molar-refractivity contribution is 6.02. The Balaban J connectivity index is 1.50. The number of pyridine rings is 1. The quantitative estimate of drug-likeness (QED) is 0.613. The number of hydrogen-bond donors (Lipinski definition) is 1. The third-order valence-electron chi connectivity index (χ3n) is 3.46. The van der Waals surface area contributed by atoms with Gasteiger partial charge in [-0.25, -0.2) is 0 Å². The van der Waals surface area contributed by atoms with Crippen LogP contribution in [0.25, 0.3) is 23.0 Å². The standard InChI is InChI=1S/C18H12N4O3/c23-17(14-4-1-2-10-19-14)20-13-8-6-12(7-9-13)16-21-18(25-22-16)15-5-3-11-24-15/h1-11H,(H,20,23). The molecule has 0 bridgehead atoms. The molecule has 0 unspecified atom stereocenters. The van der Waals surface area contributed by atoms with E-state index >= 15 is 0 Å². The third-order valence-corrected chi connectivity index (χ3v) is 3.46. The normalized spacial score (nSPS) is 10.6. The topological polar surface area (TPSA) is 94.1 Å². The predicted octanol–water partition coefficient (Wildman–Crippen LogP) is 3.64. The summed E-state index contributed by atoms with van der Waals surface area (Å²) < 4.78 is 10.4. The summed E-state index contributed by atoms with van der Waals surface area (Å²) >= 11 is 0. The van der Waals surface area contributed by atoms with Crippen molar-refractivity contribution in [2.45, 2.75) is 0 Å². The van der Waals surface area contributed by atoms with Gasteiger partial charge >= 0.3 is 0 Å². The van der Waals surface area contributed by atoms with Crippen molar-refractivity contribution in [1.82, 2.24) is 15.1 Å². The maximum atomic E-state index is 12.1. The highest BCUT2D eigenvalue weighted by atomic mass is 16.5. The molecule has 4 aromatic rings. The fraction of sp³-hybridized carbons (Fsp3) is 0. The van der Waals surface area contributed by atoms with Crippen LogP contribution in [0.15, 0.2) is 76.0 Å². The van der Waals surface area contributed by atoms with Gasteiger partial charge < -0.3 is 14.3 Å². The zero-order valence-corrected chi connectivity index (χ0v) is 12.9. The number of furan rings is 1. The molecule has 4 rings (SSSR count). The molecule has 122 valence electrons. The summed E-state index contributed by atoms with van der Waals surface area (Å²) in [5.41, 5.74) is 1.76. The first-order valence-electron chi connectivity index (χ1n) is 7.50. The van der Waals surface area contributed by atoms with E-state index < -0.39 is 0 Å². The molecular formula is C18H12N4O3. The molecule has 0 saturated carbocycles. The fourth-order valence-corrected chi connectivity index (χ4v) is 2.24. The van der Waals surface area contributed by atoms with Crippen LogP contribution in [0.3, 0.4) is 0 Å². The molecule has 7 heteroatoms. The zero-order chi connectivity index (χ0) is 17.1. The Labute approximate surface area is 142 Å². The summed E-state index contributed by atoms with van der Waals surface area (Å²) in [5, 5.41) is 6.72. The lowest BCUT2D eigenvalue weighted by Crippen LogP contribution is -2.13. The van der Waals surface area contributed by atoms with Crippen LogP contribution in [0.1, 0.15) is 10.5 Å². The Kier molecular flexibility index (Phi) is 3.80. The Morgan fingerprint density at radius 1 is 1.00 bits per heavy atom. The molecule has 7 nitrogen and oxygen atoms in total. The molecule has 3 heterocycles. The van der Waals surface area contributed by atoms with E-state index in [1.807, 2.05) is 0 Å². The highest BCUT2D eigenvalue weighted by Crippen LogP contribution is 2.23. The highest BCUT2D eigenvalue weighted by Gasteiger charge is 2.13. The number of anilines is 1. The van der Waals surface area contributed by atoms with Gasteiger partial charge in [0.15, 0.2) is 5.76 Å². The van der Waals surface area contributed by atoms with E-state index in [1.165, 1.54) is 6.26 Å². The maximum absolute atomic E-state index is 12.1. The molecule has 1 N–H and O–H groups in total. The van der Waals surface area contributed by atoms with Gasteiger partial charge in [-0.15, -0.1) is 0 Å². The summed E-state index contributed by atoms with van der Waals surface area (Å²) in [6.07, 6.45) is 3.11. The first kappa shape index (κ1) is 14.8. The van der Waals surface area contributed by atoms with Crippen molar-refractivity contribution >= 4 is 11.6 Å². The van der Waals surface area contributed by atoms with Crippen LogP contribution in [0.4, 0.5) is 5.69 Å². The number of nitrogens with one attached hydrogen (secondary N) is 1. The second-order valence-electron chi connectivity index (χ2n) is 5.15. The van der Waals surface area contributed by atoms with Gasteiger partial charge in [-0.05, 0) is 48.5 Å². The fourth-order valence-electron chi connectivity index (χ4n) is 2.24. The molecule has 0 spiro atoms. The lowest BCUT2D eigenvalue weighted by Gasteiger charge is -2.04. The molecule has 0 aliphatic rings. The van der Waals surface area contributed by atoms with Crippen LogP contribution in [0, 0.1) is 0 Å². The van der Waals surface area contributed by atoms with Gasteiger partial charge in [0, 0.05) is 17.4 Å². The number of carbonyl (C=O) groups is 1. The van der Waals surface area contributed by atoms with Crippen LogP contribution in [0.2, 0.25) is 0 Å². The van der Waals surface area contributed by atoms with Gasteiger partial charge in [-0.2, -0.15) is 4.98 Å². The number of nitrogens with zero attached hydrogens (tertiary/aromatic N) is 3. The van der Waals surface area contributed by atoms with Gasteiger partial charge in [-0.1, -0.05) is 11.2 Å².